The van der Waals surface area contributed by atoms with Crippen LogP contribution in [0, 0.1) is 0 Å². The SMILES string of the molecule is CC(CO)(CO)NCc1ccc2c(c1)CCO2. The molecule has 1 aliphatic rings. The second kappa shape index (κ2) is 5.04. The van der Waals surface area contributed by atoms with Gasteiger partial charge in [0.1, 0.15) is 5.75 Å². The molecule has 0 amide bonds. The fourth-order valence-corrected chi connectivity index (χ4v) is 1.83. The Labute approximate surface area is 101 Å². The fourth-order valence-electron chi connectivity index (χ4n) is 1.83. The van der Waals surface area contributed by atoms with Crippen LogP contribution in [0.4, 0.5) is 0 Å². The summed E-state index contributed by atoms with van der Waals surface area (Å²) >= 11 is 0. The smallest absolute Gasteiger partial charge is 0.122 e. The molecule has 0 bridgehead atoms. The van der Waals surface area contributed by atoms with Gasteiger partial charge in [0.2, 0.25) is 0 Å². The molecule has 4 nitrogen and oxygen atoms in total. The predicted octanol–water partition coefficient (Wildman–Crippen LogP) is 0.454. The molecule has 0 unspecified atom stereocenters. The fraction of sp³-hybridized carbons (Fsp3) is 0.538. The first-order chi connectivity index (χ1) is 8.17. The number of aliphatic hydroxyl groups excluding tert-OH is 2. The molecule has 0 saturated heterocycles. The number of hydrogen-bond donors (Lipinski definition) is 3. The monoisotopic (exact) mass is 237 g/mol. The highest BCUT2D eigenvalue weighted by Gasteiger charge is 2.21. The van der Waals surface area contributed by atoms with Crippen LogP contribution >= 0.6 is 0 Å². The number of hydrogen-bond acceptors (Lipinski definition) is 4. The summed E-state index contributed by atoms with van der Waals surface area (Å²) in [4.78, 5) is 0. The van der Waals surface area contributed by atoms with E-state index in [2.05, 4.69) is 11.4 Å². The van der Waals surface area contributed by atoms with Crippen LogP contribution in [0.3, 0.4) is 0 Å². The molecule has 0 atom stereocenters. The van der Waals surface area contributed by atoms with Crippen molar-refractivity contribution in [3.63, 3.8) is 0 Å². The van der Waals surface area contributed by atoms with Crippen molar-refractivity contribution in [1.82, 2.24) is 5.32 Å². The summed E-state index contributed by atoms with van der Waals surface area (Å²) in [6.45, 7) is 3.01. The van der Waals surface area contributed by atoms with E-state index in [1.54, 1.807) is 6.92 Å². The maximum Gasteiger partial charge on any atom is 0.122 e. The third kappa shape index (κ3) is 2.77. The quantitative estimate of drug-likeness (QED) is 0.696. The van der Waals surface area contributed by atoms with Crippen molar-refractivity contribution in [3.05, 3.63) is 29.3 Å². The molecule has 4 heteroatoms. The van der Waals surface area contributed by atoms with Crippen LogP contribution in [0.15, 0.2) is 18.2 Å². The Morgan fingerprint density at radius 3 is 2.82 bits per heavy atom. The molecule has 0 aliphatic carbocycles. The minimum atomic E-state index is -0.629. The van der Waals surface area contributed by atoms with Gasteiger partial charge >= 0.3 is 0 Å². The van der Waals surface area contributed by atoms with Crippen molar-refractivity contribution in [2.24, 2.45) is 0 Å². The van der Waals surface area contributed by atoms with Crippen LogP contribution in [0.5, 0.6) is 5.75 Å². The first kappa shape index (κ1) is 12.4. The van der Waals surface area contributed by atoms with E-state index in [0.29, 0.717) is 6.54 Å². The Kier molecular flexibility index (Phi) is 3.66. The summed E-state index contributed by atoms with van der Waals surface area (Å²) in [5, 5.41) is 21.5. The highest BCUT2D eigenvalue weighted by Crippen LogP contribution is 2.25. The topological polar surface area (TPSA) is 61.7 Å². The van der Waals surface area contributed by atoms with E-state index in [9.17, 15) is 10.2 Å². The Morgan fingerprint density at radius 2 is 2.12 bits per heavy atom. The summed E-state index contributed by atoms with van der Waals surface area (Å²) in [7, 11) is 0. The van der Waals surface area contributed by atoms with Gasteiger partial charge < -0.3 is 20.3 Å². The molecule has 3 N–H and O–H groups in total. The van der Waals surface area contributed by atoms with Crippen molar-refractivity contribution in [2.75, 3.05) is 19.8 Å². The van der Waals surface area contributed by atoms with Crippen molar-refractivity contribution >= 4 is 0 Å². The molecule has 0 fully saturated rings. The van der Waals surface area contributed by atoms with E-state index in [4.69, 9.17) is 4.74 Å². The number of nitrogens with one attached hydrogen (secondary N) is 1. The van der Waals surface area contributed by atoms with E-state index in [1.165, 1.54) is 5.56 Å². The molecule has 17 heavy (non-hydrogen) atoms. The zero-order chi connectivity index (χ0) is 12.3. The van der Waals surface area contributed by atoms with Gasteiger partial charge in [0, 0.05) is 13.0 Å². The second-order valence-corrected chi connectivity index (χ2v) is 4.77. The van der Waals surface area contributed by atoms with Crippen LogP contribution in [-0.4, -0.2) is 35.6 Å². The highest BCUT2D eigenvalue weighted by atomic mass is 16.5. The molecule has 1 aromatic rings. The molecule has 1 aromatic carbocycles. The Hall–Kier alpha value is -1.10. The lowest BCUT2D eigenvalue weighted by Gasteiger charge is -2.26. The average molecular weight is 237 g/mol. The lowest BCUT2D eigenvalue weighted by Crippen LogP contribution is -2.48. The normalized spacial score (nSPS) is 14.5. The summed E-state index contributed by atoms with van der Waals surface area (Å²) in [5.74, 6) is 0.973. The van der Waals surface area contributed by atoms with Gasteiger partial charge in [-0.15, -0.1) is 0 Å². The molecule has 0 spiro atoms. The van der Waals surface area contributed by atoms with Crippen LogP contribution < -0.4 is 10.1 Å². The van der Waals surface area contributed by atoms with E-state index in [1.807, 2.05) is 12.1 Å². The van der Waals surface area contributed by atoms with Crippen LogP contribution in [0.25, 0.3) is 0 Å². The van der Waals surface area contributed by atoms with E-state index in [-0.39, 0.29) is 13.2 Å². The third-order valence-electron chi connectivity index (χ3n) is 3.17. The number of fused-ring (bicyclic) bond motifs is 1. The highest BCUT2D eigenvalue weighted by molar-refractivity contribution is 5.39. The van der Waals surface area contributed by atoms with Crippen molar-refractivity contribution in [1.29, 1.82) is 0 Å². The van der Waals surface area contributed by atoms with Crippen LogP contribution in [0.2, 0.25) is 0 Å². The lowest BCUT2D eigenvalue weighted by atomic mass is 10.0. The van der Waals surface area contributed by atoms with Crippen molar-refractivity contribution in [2.45, 2.75) is 25.4 Å². The van der Waals surface area contributed by atoms with E-state index < -0.39 is 5.54 Å². The van der Waals surface area contributed by atoms with E-state index >= 15 is 0 Å². The molecule has 1 heterocycles. The van der Waals surface area contributed by atoms with E-state index in [0.717, 1.165) is 24.3 Å². The Bertz CT molecular complexity index is 388. The van der Waals surface area contributed by atoms with Gasteiger partial charge in [0.05, 0.1) is 25.4 Å². The summed E-state index contributed by atoms with van der Waals surface area (Å²) in [5.41, 5.74) is 1.75. The number of rotatable bonds is 5. The Balaban J connectivity index is 2.00. The molecule has 0 radical (unpaired) electrons. The van der Waals surface area contributed by atoms with Gasteiger partial charge in [-0.25, -0.2) is 0 Å². The number of ether oxygens (including phenoxy) is 1. The molecule has 0 saturated carbocycles. The standard InChI is InChI=1S/C13H19NO3/c1-13(8-15,9-16)14-7-10-2-3-12-11(6-10)4-5-17-12/h2-3,6,14-16H,4-5,7-9H2,1H3. The largest absolute Gasteiger partial charge is 0.493 e. The molecular formula is C13H19NO3. The predicted molar refractivity (Wildman–Crippen MR) is 65.1 cm³/mol. The summed E-state index contributed by atoms with van der Waals surface area (Å²) < 4.78 is 5.44. The van der Waals surface area contributed by atoms with Gasteiger partial charge in [-0.1, -0.05) is 12.1 Å². The van der Waals surface area contributed by atoms with Crippen molar-refractivity contribution < 1.29 is 14.9 Å². The minimum absolute atomic E-state index is 0.0858. The first-order valence-electron chi connectivity index (χ1n) is 5.88. The zero-order valence-corrected chi connectivity index (χ0v) is 10.1. The van der Waals surface area contributed by atoms with Crippen molar-refractivity contribution in [3.8, 4) is 5.75 Å². The van der Waals surface area contributed by atoms with Gasteiger partial charge in [0.15, 0.2) is 0 Å². The van der Waals surface area contributed by atoms with Gasteiger partial charge in [-0.05, 0) is 24.1 Å². The maximum atomic E-state index is 9.18. The number of aliphatic hydroxyl groups is 2. The lowest BCUT2D eigenvalue weighted by molar-refractivity contribution is 0.103. The zero-order valence-electron chi connectivity index (χ0n) is 10.1. The molecule has 0 aromatic heterocycles. The van der Waals surface area contributed by atoms with Gasteiger partial charge in [-0.2, -0.15) is 0 Å². The van der Waals surface area contributed by atoms with Gasteiger partial charge in [-0.3, -0.25) is 0 Å². The first-order valence-corrected chi connectivity index (χ1v) is 5.88. The molecule has 2 rings (SSSR count). The summed E-state index contributed by atoms with van der Waals surface area (Å²) in [6.07, 6.45) is 0.959. The molecule has 94 valence electrons. The summed E-state index contributed by atoms with van der Waals surface area (Å²) in [6, 6.07) is 6.10. The second-order valence-electron chi connectivity index (χ2n) is 4.77. The van der Waals surface area contributed by atoms with Gasteiger partial charge in [0.25, 0.3) is 0 Å². The number of benzene rings is 1. The van der Waals surface area contributed by atoms with Crippen LogP contribution in [-0.2, 0) is 13.0 Å². The molecule has 1 aliphatic heterocycles. The minimum Gasteiger partial charge on any atom is -0.493 e. The van der Waals surface area contributed by atoms with Crippen LogP contribution in [0.1, 0.15) is 18.1 Å². The maximum absolute atomic E-state index is 9.18. The molecular weight excluding hydrogens is 218 g/mol. The Morgan fingerprint density at radius 1 is 1.35 bits per heavy atom. The third-order valence-corrected chi connectivity index (χ3v) is 3.17. The average Bonchev–Trinajstić information content (AvgIpc) is 2.83.